The van der Waals surface area contributed by atoms with Crippen molar-refractivity contribution in [3.05, 3.63) is 18.0 Å². The Labute approximate surface area is 106 Å². The van der Waals surface area contributed by atoms with E-state index >= 15 is 0 Å². The van der Waals surface area contributed by atoms with Crippen molar-refractivity contribution in [1.29, 1.82) is 0 Å². The lowest BCUT2D eigenvalue weighted by Crippen LogP contribution is -2.27. The van der Waals surface area contributed by atoms with Crippen LogP contribution < -0.4 is 5.32 Å². The zero-order valence-electron chi connectivity index (χ0n) is 11.4. The molecule has 0 unspecified atom stereocenters. The monoisotopic (exact) mass is 246 g/mol. The normalized spacial score (nSPS) is 11.8. The van der Waals surface area contributed by atoms with Gasteiger partial charge in [0, 0.05) is 17.8 Å². The van der Waals surface area contributed by atoms with E-state index in [2.05, 4.69) is 15.4 Å². The van der Waals surface area contributed by atoms with Crippen LogP contribution >= 0.6 is 0 Å². The zero-order valence-corrected chi connectivity index (χ0v) is 11.4. The third-order valence-electron chi connectivity index (χ3n) is 2.80. The van der Waals surface area contributed by atoms with Gasteiger partial charge >= 0.3 is 0 Å². The average Bonchev–Trinajstić information content (AvgIpc) is 2.53. The zero-order chi connectivity index (χ0) is 13.5. The van der Waals surface area contributed by atoms with Crippen LogP contribution in [0.1, 0.15) is 26.5 Å². The number of pyridine rings is 1. The highest BCUT2D eigenvalue weighted by Gasteiger charge is 2.21. The van der Waals surface area contributed by atoms with E-state index in [1.54, 1.807) is 10.9 Å². The number of amides is 1. The Bertz CT molecular complexity index is 607. The van der Waals surface area contributed by atoms with E-state index in [1.165, 1.54) is 0 Å². The van der Waals surface area contributed by atoms with E-state index < -0.39 is 5.41 Å². The maximum Gasteiger partial charge on any atom is 0.229 e. The van der Waals surface area contributed by atoms with Crippen LogP contribution in [-0.2, 0) is 11.8 Å². The highest BCUT2D eigenvalue weighted by Crippen LogP contribution is 2.21. The average molecular weight is 246 g/mol. The van der Waals surface area contributed by atoms with Gasteiger partial charge in [0.15, 0.2) is 5.65 Å². The van der Waals surface area contributed by atoms with Crippen molar-refractivity contribution < 1.29 is 4.79 Å². The van der Waals surface area contributed by atoms with Crippen LogP contribution in [0.2, 0.25) is 0 Å². The SMILES string of the molecule is Cc1nn(C)c2ncc(NC(=O)C(C)(C)C)cc12. The molecule has 1 amide bonds. The van der Waals surface area contributed by atoms with Gasteiger partial charge < -0.3 is 5.32 Å². The minimum absolute atomic E-state index is 0.0230. The second-order valence-corrected chi connectivity index (χ2v) is 5.51. The van der Waals surface area contributed by atoms with E-state index in [9.17, 15) is 4.79 Å². The van der Waals surface area contributed by atoms with Gasteiger partial charge in [-0.1, -0.05) is 20.8 Å². The molecule has 2 aromatic rings. The predicted molar refractivity (Wildman–Crippen MR) is 71.3 cm³/mol. The third kappa shape index (κ3) is 2.20. The molecule has 5 heteroatoms. The smallest absolute Gasteiger partial charge is 0.229 e. The molecule has 0 spiro atoms. The fourth-order valence-corrected chi connectivity index (χ4v) is 1.69. The molecule has 1 N–H and O–H groups in total. The Kier molecular flexibility index (Phi) is 2.84. The number of nitrogens with zero attached hydrogens (tertiary/aromatic N) is 3. The molecule has 2 heterocycles. The summed E-state index contributed by atoms with van der Waals surface area (Å²) in [6.07, 6.45) is 1.66. The maximum atomic E-state index is 11.9. The fourth-order valence-electron chi connectivity index (χ4n) is 1.69. The summed E-state index contributed by atoms with van der Waals surface area (Å²) in [6.45, 7) is 7.57. The number of anilines is 1. The van der Waals surface area contributed by atoms with Crippen molar-refractivity contribution in [3.8, 4) is 0 Å². The van der Waals surface area contributed by atoms with Gasteiger partial charge in [-0.15, -0.1) is 0 Å². The topological polar surface area (TPSA) is 59.8 Å². The third-order valence-corrected chi connectivity index (χ3v) is 2.80. The number of nitrogens with one attached hydrogen (secondary N) is 1. The number of fused-ring (bicyclic) bond motifs is 1. The number of hydrogen-bond donors (Lipinski definition) is 1. The lowest BCUT2D eigenvalue weighted by Gasteiger charge is -2.17. The number of aryl methyl sites for hydroxylation is 2. The molecular weight excluding hydrogens is 228 g/mol. The molecule has 96 valence electrons. The summed E-state index contributed by atoms with van der Waals surface area (Å²) in [4.78, 5) is 16.2. The van der Waals surface area contributed by atoms with E-state index in [0.29, 0.717) is 5.69 Å². The molecule has 0 aliphatic heterocycles. The number of hydrogen-bond acceptors (Lipinski definition) is 3. The number of carbonyl (C=O) groups excluding carboxylic acids is 1. The molecule has 2 aromatic heterocycles. The lowest BCUT2D eigenvalue weighted by atomic mass is 9.95. The first-order chi connectivity index (χ1) is 8.29. The van der Waals surface area contributed by atoms with E-state index in [4.69, 9.17) is 0 Å². The predicted octanol–water partition coefficient (Wildman–Crippen LogP) is 2.26. The Balaban J connectivity index is 2.36. The van der Waals surface area contributed by atoms with Crippen molar-refractivity contribution in [1.82, 2.24) is 14.8 Å². The number of rotatable bonds is 1. The van der Waals surface area contributed by atoms with Crippen molar-refractivity contribution in [2.24, 2.45) is 12.5 Å². The van der Waals surface area contributed by atoms with Gasteiger partial charge in [-0.2, -0.15) is 5.10 Å². The molecule has 0 radical (unpaired) electrons. The largest absolute Gasteiger partial charge is 0.324 e. The maximum absolute atomic E-state index is 11.9. The van der Waals surface area contributed by atoms with E-state index in [1.807, 2.05) is 40.8 Å². The molecule has 2 rings (SSSR count). The van der Waals surface area contributed by atoms with Crippen LogP contribution in [0.15, 0.2) is 12.3 Å². The van der Waals surface area contributed by atoms with Crippen LogP contribution in [0.5, 0.6) is 0 Å². The summed E-state index contributed by atoms with van der Waals surface area (Å²) in [6, 6.07) is 1.91. The molecule has 0 fully saturated rings. The van der Waals surface area contributed by atoms with Crippen molar-refractivity contribution in [2.45, 2.75) is 27.7 Å². The highest BCUT2D eigenvalue weighted by atomic mass is 16.2. The number of aromatic nitrogens is 3. The molecule has 0 aromatic carbocycles. The molecule has 0 bridgehead atoms. The minimum Gasteiger partial charge on any atom is -0.324 e. The van der Waals surface area contributed by atoms with Gasteiger partial charge in [-0.05, 0) is 13.0 Å². The Morgan fingerprint density at radius 3 is 2.67 bits per heavy atom. The van der Waals surface area contributed by atoms with Gasteiger partial charge in [0.25, 0.3) is 0 Å². The summed E-state index contributed by atoms with van der Waals surface area (Å²) >= 11 is 0. The molecule has 0 saturated heterocycles. The quantitative estimate of drug-likeness (QED) is 0.839. The first kappa shape index (κ1) is 12.5. The Morgan fingerprint density at radius 1 is 1.39 bits per heavy atom. The Hall–Kier alpha value is -1.91. The summed E-state index contributed by atoms with van der Waals surface area (Å²) in [5, 5.41) is 8.13. The standard InChI is InChI=1S/C13H18N4O/c1-8-10-6-9(15-12(18)13(2,3)4)7-14-11(10)17(5)16-8/h6-7H,1-5H3,(H,15,18). The summed E-state index contributed by atoms with van der Waals surface area (Å²) < 4.78 is 1.74. The Morgan fingerprint density at radius 2 is 2.06 bits per heavy atom. The van der Waals surface area contributed by atoms with Crippen molar-refractivity contribution in [2.75, 3.05) is 5.32 Å². The van der Waals surface area contributed by atoms with Crippen LogP contribution in [0.4, 0.5) is 5.69 Å². The first-order valence-electron chi connectivity index (χ1n) is 5.90. The second-order valence-electron chi connectivity index (χ2n) is 5.51. The van der Waals surface area contributed by atoms with Crippen molar-refractivity contribution in [3.63, 3.8) is 0 Å². The fraction of sp³-hybridized carbons (Fsp3) is 0.462. The van der Waals surface area contributed by atoms with Gasteiger partial charge in [0.1, 0.15) is 0 Å². The molecule has 0 aliphatic carbocycles. The minimum atomic E-state index is -0.418. The molecule has 0 saturated carbocycles. The molecule has 5 nitrogen and oxygen atoms in total. The summed E-state index contributed by atoms with van der Waals surface area (Å²) in [7, 11) is 1.86. The van der Waals surface area contributed by atoms with Crippen LogP contribution in [0.25, 0.3) is 11.0 Å². The second kappa shape index (κ2) is 4.08. The van der Waals surface area contributed by atoms with Crippen molar-refractivity contribution >= 4 is 22.6 Å². The summed E-state index contributed by atoms with van der Waals surface area (Å²) in [5.41, 5.74) is 2.02. The number of carbonyl (C=O) groups is 1. The van der Waals surface area contributed by atoms with E-state index in [0.717, 1.165) is 16.7 Å². The van der Waals surface area contributed by atoms with Gasteiger partial charge in [-0.25, -0.2) is 4.98 Å². The van der Waals surface area contributed by atoms with Crippen LogP contribution in [0.3, 0.4) is 0 Å². The van der Waals surface area contributed by atoms with Gasteiger partial charge in [0.05, 0.1) is 17.6 Å². The van der Waals surface area contributed by atoms with E-state index in [-0.39, 0.29) is 5.91 Å². The summed E-state index contributed by atoms with van der Waals surface area (Å²) in [5.74, 6) is -0.0230. The molecule has 0 aliphatic rings. The van der Waals surface area contributed by atoms with Gasteiger partial charge in [0.2, 0.25) is 5.91 Å². The lowest BCUT2D eigenvalue weighted by molar-refractivity contribution is -0.123. The van der Waals surface area contributed by atoms with Gasteiger partial charge in [-0.3, -0.25) is 9.48 Å². The highest BCUT2D eigenvalue weighted by molar-refractivity contribution is 5.96. The van der Waals surface area contributed by atoms with Crippen LogP contribution in [0, 0.1) is 12.3 Å². The first-order valence-corrected chi connectivity index (χ1v) is 5.90. The molecule has 0 atom stereocenters. The van der Waals surface area contributed by atoms with Crippen LogP contribution in [-0.4, -0.2) is 20.7 Å². The molecule has 18 heavy (non-hydrogen) atoms. The molecular formula is C13H18N4O.